The van der Waals surface area contributed by atoms with Crippen LogP contribution in [0.2, 0.25) is 0 Å². The number of esters is 3. The first-order chi connectivity index (χ1) is 18.6. The van der Waals surface area contributed by atoms with Crippen molar-refractivity contribution in [2.45, 2.75) is 96.2 Å². The van der Waals surface area contributed by atoms with Crippen LogP contribution in [-0.2, 0) is 28.6 Å². The highest BCUT2D eigenvalue weighted by Gasteiger charge is 2.84. The lowest BCUT2D eigenvalue weighted by atomic mass is 9.54. The molecule has 0 aromatic heterocycles. The fraction of sp³-hybridized carbons (Fsp3) is 0.719. The first-order valence-electron chi connectivity index (χ1n) is 14.7. The lowest BCUT2D eigenvalue weighted by molar-refractivity contribution is -0.165. The molecule has 2 aliphatic heterocycles. The molecule has 7 aliphatic rings. The monoisotopic (exact) mass is 552 g/mol. The number of rotatable bonds is 1. The van der Waals surface area contributed by atoms with Crippen LogP contribution in [-0.4, -0.2) is 57.6 Å². The molecule has 1 spiro atoms. The van der Waals surface area contributed by atoms with Crippen LogP contribution in [0.25, 0.3) is 0 Å². The van der Waals surface area contributed by atoms with E-state index in [0.717, 1.165) is 5.57 Å². The van der Waals surface area contributed by atoms with Crippen LogP contribution in [0, 0.1) is 45.8 Å². The Hall–Kier alpha value is -2.45. The largest absolute Gasteiger partial charge is 0.462 e. The van der Waals surface area contributed by atoms with Crippen molar-refractivity contribution >= 4 is 17.9 Å². The Bertz CT molecular complexity index is 1310. The first-order valence-corrected chi connectivity index (χ1v) is 14.7. The predicted octanol–water partition coefficient (Wildman–Crippen LogP) is 3.41. The van der Waals surface area contributed by atoms with Crippen molar-refractivity contribution in [1.29, 1.82) is 0 Å². The Morgan fingerprint density at radius 1 is 1.12 bits per heavy atom. The molecule has 0 aromatic rings. The molecule has 2 saturated heterocycles. The second-order valence-electron chi connectivity index (χ2n) is 14.5. The van der Waals surface area contributed by atoms with Gasteiger partial charge in [-0.2, -0.15) is 0 Å². The molecule has 3 saturated carbocycles. The SMILES string of the molecule is C=C1C(=O)O[C@@H]2[C@@H]1CC[C@](C)(O)[C@@]13C=C[C@@](C)([C@@H]21)[C@]1(C3)C(=O)O[C@@H]2[C@@H]3C(C)=CC[C@@H]3[C@](C)(O)C[C@@H](OC(C)=O)[C@H]21. The van der Waals surface area contributed by atoms with Gasteiger partial charge in [-0.1, -0.05) is 37.3 Å². The van der Waals surface area contributed by atoms with Gasteiger partial charge >= 0.3 is 17.9 Å². The maximum absolute atomic E-state index is 14.5. The molecule has 8 nitrogen and oxygen atoms in total. The summed E-state index contributed by atoms with van der Waals surface area (Å²) in [5.41, 5.74) is -3.74. The molecule has 2 heterocycles. The average Bonchev–Trinajstić information content (AvgIpc) is 3.56. The lowest BCUT2D eigenvalue weighted by Gasteiger charge is -2.46. The molecular formula is C32H40O8. The van der Waals surface area contributed by atoms with Crippen LogP contribution in [0.1, 0.15) is 66.7 Å². The van der Waals surface area contributed by atoms with Gasteiger partial charge in [-0.25, -0.2) is 4.79 Å². The first kappa shape index (κ1) is 26.4. The number of ether oxygens (including phenoxy) is 3. The van der Waals surface area contributed by atoms with Crippen LogP contribution in [0.5, 0.6) is 0 Å². The van der Waals surface area contributed by atoms with Crippen molar-refractivity contribution < 1.29 is 38.8 Å². The van der Waals surface area contributed by atoms with Gasteiger partial charge in [-0.3, -0.25) is 9.59 Å². The van der Waals surface area contributed by atoms with E-state index >= 15 is 0 Å². The topological polar surface area (TPSA) is 119 Å². The Balaban J connectivity index is 1.45. The van der Waals surface area contributed by atoms with Gasteiger partial charge in [-0.05, 0) is 46.5 Å². The third-order valence-electron chi connectivity index (χ3n) is 12.8. The predicted molar refractivity (Wildman–Crippen MR) is 142 cm³/mol. The molecule has 5 aliphatic carbocycles. The number of hydrogen-bond donors (Lipinski definition) is 2. The van der Waals surface area contributed by atoms with E-state index in [0.29, 0.717) is 24.8 Å². The van der Waals surface area contributed by atoms with Crippen LogP contribution in [0.15, 0.2) is 36.0 Å². The maximum Gasteiger partial charge on any atom is 0.334 e. The van der Waals surface area contributed by atoms with Crippen LogP contribution in [0.4, 0.5) is 0 Å². The summed E-state index contributed by atoms with van der Waals surface area (Å²) in [4.78, 5) is 39.9. The third kappa shape index (κ3) is 2.83. The van der Waals surface area contributed by atoms with Gasteiger partial charge < -0.3 is 24.4 Å². The van der Waals surface area contributed by atoms with Gasteiger partial charge in [-0.15, -0.1) is 0 Å². The zero-order valence-electron chi connectivity index (χ0n) is 23.9. The van der Waals surface area contributed by atoms with E-state index in [-0.39, 0.29) is 36.6 Å². The van der Waals surface area contributed by atoms with Crippen LogP contribution >= 0.6 is 0 Å². The number of fused-ring (bicyclic) bond motifs is 6. The summed E-state index contributed by atoms with van der Waals surface area (Å²) in [5, 5.41) is 24.0. The molecule has 5 fully saturated rings. The van der Waals surface area contributed by atoms with Gasteiger partial charge in [0.05, 0.1) is 22.5 Å². The summed E-state index contributed by atoms with van der Waals surface area (Å²) in [5.74, 6) is -2.84. The van der Waals surface area contributed by atoms with Gasteiger partial charge in [0.25, 0.3) is 0 Å². The summed E-state index contributed by atoms with van der Waals surface area (Å²) in [6, 6.07) is 0. The fourth-order valence-corrected chi connectivity index (χ4v) is 11.0. The van der Waals surface area contributed by atoms with Gasteiger partial charge in [0.1, 0.15) is 18.3 Å². The molecule has 2 bridgehead atoms. The molecule has 13 atom stereocenters. The van der Waals surface area contributed by atoms with E-state index in [1.807, 2.05) is 26.8 Å². The number of carbonyl (C=O) groups is 3. The zero-order valence-corrected chi connectivity index (χ0v) is 23.9. The Morgan fingerprint density at radius 2 is 1.85 bits per heavy atom. The Morgan fingerprint density at radius 3 is 2.55 bits per heavy atom. The van der Waals surface area contributed by atoms with Crippen LogP contribution in [0.3, 0.4) is 0 Å². The van der Waals surface area contributed by atoms with Crippen molar-refractivity contribution in [3.8, 4) is 0 Å². The molecular weight excluding hydrogens is 512 g/mol. The van der Waals surface area contributed by atoms with E-state index in [2.05, 4.69) is 18.7 Å². The van der Waals surface area contributed by atoms with Crippen molar-refractivity contribution in [2.75, 3.05) is 0 Å². The fourth-order valence-electron chi connectivity index (χ4n) is 11.0. The Kier molecular flexibility index (Phi) is 5.08. The molecule has 0 aromatic carbocycles. The molecule has 0 unspecified atom stereocenters. The highest BCUT2D eigenvalue weighted by Crippen LogP contribution is 2.80. The number of allylic oxidation sites excluding steroid dienone is 2. The quantitative estimate of drug-likeness (QED) is 0.220. The molecule has 0 amide bonds. The minimum Gasteiger partial charge on any atom is -0.462 e. The van der Waals surface area contributed by atoms with E-state index in [9.17, 15) is 24.6 Å². The maximum atomic E-state index is 14.5. The second kappa shape index (κ2) is 7.68. The van der Waals surface area contributed by atoms with Gasteiger partial charge in [0.15, 0.2) is 0 Å². The highest BCUT2D eigenvalue weighted by molar-refractivity contribution is 5.91. The standard InChI is InChI=1S/C32H40O8/c1-15-7-8-19-21(15)24-22(20(38-17(3)33)13-29(19,5)36)32(27(35)40-24)14-31-12-11-28(32,4)25(31)23-18(9-10-30(31,6)37)16(2)26(34)39-23/h7,11-12,18-25,36-37H,2,8-10,13-14H2,1,3-6H3/t18-,19+,20-,21-,22-,23-,24-,25-,28+,29-,30+,31-,32+/m1/s1. The van der Waals surface area contributed by atoms with Crippen molar-refractivity contribution in [2.24, 2.45) is 45.8 Å². The van der Waals surface area contributed by atoms with Gasteiger partial charge in [0.2, 0.25) is 0 Å². The number of aliphatic hydroxyl groups is 2. The second-order valence-corrected chi connectivity index (χ2v) is 14.5. The van der Waals surface area contributed by atoms with E-state index < -0.39 is 69.5 Å². The lowest BCUT2D eigenvalue weighted by Crippen LogP contribution is -2.53. The van der Waals surface area contributed by atoms with Crippen molar-refractivity contribution in [3.05, 3.63) is 36.0 Å². The summed E-state index contributed by atoms with van der Waals surface area (Å²) in [6.07, 6.45) is 6.43. The molecule has 7 rings (SSSR count). The normalized spacial score (nSPS) is 55.6. The summed E-state index contributed by atoms with van der Waals surface area (Å²) in [7, 11) is 0. The summed E-state index contributed by atoms with van der Waals surface area (Å²) < 4.78 is 18.5. The molecule has 40 heavy (non-hydrogen) atoms. The molecule has 216 valence electrons. The van der Waals surface area contributed by atoms with Crippen molar-refractivity contribution in [3.63, 3.8) is 0 Å². The summed E-state index contributed by atoms with van der Waals surface area (Å²) in [6.45, 7) is 13.1. The molecule has 8 heteroatoms. The Labute approximate surface area is 234 Å². The highest BCUT2D eigenvalue weighted by atomic mass is 16.6. The zero-order chi connectivity index (χ0) is 28.8. The van der Waals surface area contributed by atoms with E-state index in [1.54, 1.807) is 6.92 Å². The van der Waals surface area contributed by atoms with Crippen molar-refractivity contribution in [1.82, 2.24) is 0 Å². The van der Waals surface area contributed by atoms with E-state index in [1.165, 1.54) is 6.92 Å². The smallest absolute Gasteiger partial charge is 0.334 e. The molecule has 0 radical (unpaired) electrons. The average molecular weight is 553 g/mol. The summed E-state index contributed by atoms with van der Waals surface area (Å²) >= 11 is 0. The third-order valence-corrected chi connectivity index (χ3v) is 12.8. The van der Waals surface area contributed by atoms with Gasteiger partial charge in [0, 0.05) is 53.4 Å². The van der Waals surface area contributed by atoms with E-state index in [4.69, 9.17) is 14.2 Å². The number of hydrogen-bond acceptors (Lipinski definition) is 8. The number of carbonyl (C=O) groups excluding carboxylic acids is 3. The minimum absolute atomic E-state index is 0.180. The molecule has 2 N–H and O–H groups in total. The van der Waals surface area contributed by atoms with Crippen LogP contribution < -0.4 is 0 Å². The minimum atomic E-state index is -1.19.